The van der Waals surface area contributed by atoms with E-state index in [1.54, 1.807) is 11.3 Å². The molecule has 2 bridgehead atoms. The van der Waals surface area contributed by atoms with Crippen LogP contribution >= 0.6 is 11.3 Å². The Hall–Kier alpha value is -2.25. The van der Waals surface area contributed by atoms with Gasteiger partial charge in [-0.1, -0.05) is 6.07 Å². The number of carbonyl (C=O) groups excluding carboxylic acids is 1. The number of aryl methyl sites for hydroxylation is 1. The highest BCUT2D eigenvalue weighted by molar-refractivity contribution is 7.14. The lowest BCUT2D eigenvalue weighted by atomic mass is 9.84. The lowest BCUT2D eigenvalue weighted by molar-refractivity contribution is 0.0618. The molecule has 0 saturated carbocycles. The molecule has 0 aliphatic carbocycles. The summed E-state index contributed by atoms with van der Waals surface area (Å²) in [4.78, 5) is 20.9. The standard InChI is InChI=1S/C19H21N5OS/c1-11-9-20-19(26-11)13-2-3-14-15(8-13)22-23-17(14)18(25)21-16-10-24-6-4-12(16)5-7-24/h2-3,8-9,12,16H,4-7,10H2,1H3,(H,21,25)(H,22,23)/t16-/m0/s1. The molecule has 3 aliphatic heterocycles. The van der Waals surface area contributed by atoms with Gasteiger partial charge in [-0.3, -0.25) is 9.89 Å². The van der Waals surface area contributed by atoms with Gasteiger partial charge in [-0.05, 0) is 50.9 Å². The minimum atomic E-state index is -0.0761. The minimum Gasteiger partial charge on any atom is -0.346 e. The number of aromatic nitrogens is 3. The topological polar surface area (TPSA) is 73.9 Å². The zero-order valence-electron chi connectivity index (χ0n) is 14.7. The second-order valence-corrected chi connectivity index (χ2v) is 8.56. The van der Waals surface area contributed by atoms with Crippen LogP contribution in [0.3, 0.4) is 0 Å². The highest BCUT2D eigenvalue weighted by Crippen LogP contribution is 2.30. The second-order valence-electron chi connectivity index (χ2n) is 7.33. The van der Waals surface area contributed by atoms with Crippen LogP contribution in [-0.4, -0.2) is 51.7 Å². The predicted molar refractivity (Wildman–Crippen MR) is 102 cm³/mol. The number of amides is 1. The van der Waals surface area contributed by atoms with Gasteiger partial charge in [0.25, 0.3) is 5.91 Å². The molecule has 3 fully saturated rings. The fourth-order valence-electron chi connectivity index (χ4n) is 4.18. The van der Waals surface area contributed by atoms with Crippen LogP contribution in [0, 0.1) is 12.8 Å². The smallest absolute Gasteiger partial charge is 0.272 e. The second kappa shape index (κ2) is 6.17. The average molecular weight is 367 g/mol. The van der Waals surface area contributed by atoms with Gasteiger partial charge >= 0.3 is 0 Å². The Morgan fingerprint density at radius 3 is 2.88 bits per heavy atom. The molecular weight excluding hydrogens is 346 g/mol. The third-order valence-corrected chi connectivity index (χ3v) is 6.58. The highest BCUT2D eigenvalue weighted by Gasteiger charge is 2.35. The van der Waals surface area contributed by atoms with Gasteiger partial charge in [0.15, 0.2) is 5.69 Å². The van der Waals surface area contributed by atoms with Crippen LogP contribution in [-0.2, 0) is 0 Å². The number of rotatable bonds is 3. The van der Waals surface area contributed by atoms with Gasteiger partial charge in [0.2, 0.25) is 0 Å². The maximum atomic E-state index is 12.8. The van der Waals surface area contributed by atoms with Crippen LogP contribution in [0.2, 0.25) is 0 Å². The van der Waals surface area contributed by atoms with Crippen molar-refractivity contribution in [1.82, 2.24) is 25.4 Å². The summed E-state index contributed by atoms with van der Waals surface area (Å²) in [6, 6.07) is 6.25. The SMILES string of the molecule is Cc1cnc(-c2ccc3c(C(=O)N[C@H]4CN5CCC4CC5)n[nH]c3c2)s1. The van der Waals surface area contributed by atoms with E-state index in [0.717, 1.165) is 28.0 Å². The molecule has 0 unspecified atom stereocenters. The number of nitrogens with one attached hydrogen (secondary N) is 2. The van der Waals surface area contributed by atoms with Gasteiger partial charge < -0.3 is 10.2 Å². The molecule has 3 aromatic rings. The molecule has 5 heterocycles. The van der Waals surface area contributed by atoms with Crippen LogP contribution in [0.15, 0.2) is 24.4 Å². The van der Waals surface area contributed by atoms with Crippen molar-refractivity contribution < 1.29 is 4.79 Å². The van der Waals surface area contributed by atoms with Crippen LogP contribution in [0.1, 0.15) is 28.2 Å². The summed E-state index contributed by atoms with van der Waals surface area (Å²) in [5.74, 6) is 0.529. The molecule has 6 nitrogen and oxygen atoms in total. The van der Waals surface area contributed by atoms with E-state index in [2.05, 4.69) is 25.4 Å². The van der Waals surface area contributed by atoms with Gasteiger partial charge in [-0.15, -0.1) is 11.3 Å². The molecule has 26 heavy (non-hydrogen) atoms. The van der Waals surface area contributed by atoms with E-state index in [9.17, 15) is 4.79 Å². The summed E-state index contributed by atoms with van der Waals surface area (Å²) in [7, 11) is 0. The Morgan fingerprint density at radius 1 is 1.35 bits per heavy atom. The molecule has 3 saturated heterocycles. The maximum absolute atomic E-state index is 12.8. The molecular formula is C19H21N5OS. The molecule has 0 radical (unpaired) electrons. The van der Waals surface area contributed by atoms with Crippen molar-refractivity contribution in [3.05, 3.63) is 35.0 Å². The first kappa shape index (κ1) is 16.0. The third-order valence-electron chi connectivity index (χ3n) is 5.62. The number of benzene rings is 1. The number of thiazole rings is 1. The van der Waals surface area contributed by atoms with Crippen molar-refractivity contribution in [2.45, 2.75) is 25.8 Å². The third kappa shape index (κ3) is 2.71. The highest BCUT2D eigenvalue weighted by atomic mass is 32.1. The first-order valence-corrected chi connectivity index (χ1v) is 9.93. The summed E-state index contributed by atoms with van der Waals surface area (Å²) in [5, 5.41) is 12.4. The maximum Gasteiger partial charge on any atom is 0.272 e. The zero-order valence-corrected chi connectivity index (χ0v) is 15.5. The normalized spacial score (nSPS) is 24.9. The van der Waals surface area contributed by atoms with Gasteiger partial charge in [-0.25, -0.2) is 4.98 Å². The molecule has 1 aromatic carbocycles. The van der Waals surface area contributed by atoms with E-state index < -0.39 is 0 Å². The molecule has 6 rings (SSSR count). The number of H-pyrrole nitrogens is 1. The van der Waals surface area contributed by atoms with Crippen LogP contribution in [0.4, 0.5) is 0 Å². The number of hydrogen-bond acceptors (Lipinski definition) is 5. The van der Waals surface area contributed by atoms with E-state index >= 15 is 0 Å². The van der Waals surface area contributed by atoms with E-state index in [1.165, 1.54) is 30.8 Å². The number of nitrogens with zero attached hydrogens (tertiary/aromatic N) is 3. The number of piperidine rings is 3. The van der Waals surface area contributed by atoms with Gasteiger partial charge in [0.05, 0.1) is 5.52 Å². The Bertz CT molecular complexity index is 969. The van der Waals surface area contributed by atoms with Crippen LogP contribution in [0.25, 0.3) is 21.5 Å². The molecule has 2 aromatic heterocycles. The van der Waals surface area contributed by atoms with Gasteiger partial charge in [0.1, 0.15) is 5.01 Å². The molecule has 2 N–H and O–H groups in total. The molecule has 3 aliphatic rings. The predicted octanol–water partition coefficient (Wildman–Crippen LogP) is 2.82. The summed E-state index contributed by atoms with van der Waals surface area (Å²) in [6.45, 7) is 5.35. The number of hydrogen-bond donors (Lipinski definition) is 2. The van der Waals surface area contributed by atoms with Crippen molar-refractivity contribution in [2.75, 3.05) is 19.6 Å². The molecule has 134 valence electrons. The fraction of sp³-hybridized carbons (Fsp3) is 0.421. The van der Waals surface area contributed by atoms with Crippen LogP contribution < -0.4 is 5.32 Å². The quantitative estimate of drug-likeness (QED) is 0.747. The van der Waals surface area contributed by atoms with Crippen molar-refractivity contribution in [1.29, 1.82) is 0 Å². The van der Waals surface area contributed by atoms with Gasteiger partial charge in [-0.2, -0.15) is 5.10 Å². The Morgan fingerprint density at radius 2 is 2.19 bits per heavy atom. The lowest BCUT2D eigenvalue weighted by Gasteiger charge is -2.44. The number of aromatic amines is 1. The summed E-state index contributed by atoms with van der Waals surface area (Å²) in [6.07, 6.45) is 4.25. The summed E-state index contributed by atoms with van der Waals surface area (Å²) >= 11 is 1.66. The van der Waals surface area contributed by atoms with E-state index in [0.29, 0.717) is 11.6 Å². The van der Waals surface area contributed by atoms with Gasteiger partial charge in [0, 0.05) is 34.6 Å². The number of carbonyl (C=O) groups is 1. The fourth-order valence-corrected chi connectivity index (χ4v) is 4.94. The summed E-state index contributed by atoms with van der Waals surface area (Å²) < 4.78 is 0. The van der Waals surface area contributed by atoms with Crippen molar-refractivity contribution in [3.63, 3.8) is 0 Å². The van der Waals surface area contributed by atoms with E-state index in [-0.39, 0.29) is 11.9 Å². The average Bonchev–Trinajstić information content (AvgIpc) is 3.28. The molecule has 1 atom stereocenters. The molecule has 0 spiro atoms. The van der Waals surface area contributed by atoms with Crippen molar-refractivity contribution >= 4 is 28.1 Å². The minimum absolute atomic E-state index is 0.0761. The molecule has 1 amide bonds. The largest absolute Gasteiger partial charge is 0.346 e. The molecule has 7 heteroatoms. The van der Waals surface area contributed by atoms with Crippen molar-refractivity contribution in [3.8, 4) is 10.6 Å². The zero-order chi connectivity index (χ0) is 17.7. The lowest BCUT2D eigenvalue weighted by Crippen LogP contribution is -2.57. The Balaban J connectivity index is 1.39. The van der Waals surface area contributed by atoms with Crippen molar-refractivity contribution in [2.24, 2.45) is 5.92 Å². The summed E-state index contributed by atoms with van der Waals surface area (Å²) in [5.41, 5.74) is 2.40. The monoisotopic (exact) mass is 367 g/mol. The van der Waals surface area contributed by atoms with Crippen LogP contribution in [0.5, 0.6) is 0 Å². The first-order valence-electron chi connectivity index (χ1n) is 9.11. The Labute approximate surface area is 155 Å². The van der Waals surface area contributed by atoms with E-state index in [4.69, 9.17) is 0 Å². The van der Waals surface area contributed by atoms with E-state index in [1.807, 2.05) is 31.3 Å². The number of fused-ring (bicyclic) bond motifs is 4. The first-order chi connectivity index (χ1) is 12.7. The Kier molecular flexibility index (Phi) is 3.79.